The summed E-state index contributed by atoms with van der Waals surface area (Å²) < 4.78 is 84.2. The number of ether oxygens (including phenoxy) is 1. The highest BCUT2D eigenvalue weighted by Crippen LogP contribution is 2.33. The van der Waals surface area contributed by atoms with E-state index in [0.717, 1.165) is 19.3 Å². The van der Waals surface area contributed by atoms with Crippen LogP contribution in [0.25, 0.3) is 10.8 Å². The van der Waals surface area contributed by atoms with Gasteiger partial charge in [0.25, 0.3) is 17.2 Å². The number of thiol groups is 2. The lowest BCUT2D eigenvalue weighted by atomic mass is 10.0. The number of aromatic nitrogens is 2. The number of rotatable bonds is 17. The molecular formula is C49H61F6N7O6S2. The normalized spacial score (nSPS) is 12.1. The number of fused-ring (bicyclic) bond motifs is 1. The Kier molecular flexibility index (Phi) is 27.6. The van der Waals surface area contributed by atoms with Gasteiger partial charge in [-0.3, -0.25) is 24.5 Å². The standard InChI is InChI=1S/C42H42F5N7O6.C3H5F.2C2H6.H2S2/c43-35-11-8-27(22-37-31-6-2-3-7-32(31)40(56)51-50-37)20-33(35)41(57)53-18-16-52(17-19-53)39(55)25-49-15-5-1-4-14-48-24-29-23-30(54(58)59)10-13-38(29)60-26-28-9-12-36(44)34(21-28)42(45,46)47;1-2-3-4;3*1-2/h2-3,6-13,20-21,23,48-49H,1,4-5,14-19,22,24-26H2,(H,51,56);2-3H,1H3;2*1-2H3;1-2H/b;3-2+;;;. The second kappa shape index (κ2) is 32.1. The van der Waals surface area contributed by atoms with E-state index in [9.17, 15) is 50.8 Å². The summed E-state index contributed by atoms with van der Waals surface area (Å²) in [6.07, 6.45) is -0.455. The zero-order valence-corrected chi connectivity index (χ0v) is 41.5. The first-order chi connectivity index (χ1) is 33.7. The summed E-state index contributed by atoms with van der Waals surface area (Å²) in [6, 6.07) is 17.8. The number of nitro benzene ring substituents is 1. The van der Waals surface area contributed by atoms with Crippen molar-refractivity contribution in [2.24, 2.45) is 0 Å². The average Bonchev–Trinajstić information content (AvgIpc) is 3.38. The van der Waals surface area contributed by atoms with E-state index in [-0.39, 0.29) is 73.2 Å². The lowest BCUT2D eigenvalue weighted by Gasteiger charge is -2.35. The van der Waals surface area contributed by atoms with E-state index in [4.69, 9.17) is 4.74 Å². The van der Waals surface area contributed by atoms with Gasteiger partial charge in [0.15, 0.2) is 0 Å². The Morgan fingerprint density at radius 2 is 1.44 bits per heavy atom. The van der Waals surface area contributed by atoms with Crippen LogP contribution >= 0.6 is 23.3 Å². The third-order valence-corrected chi connectivity index (χ3v) is 10.2. The summed E-state index contributed by atoms with van der Waals surface area (Å²) in [5, 5.41) is 25.5. The van der Waals surface area contributed by atoms with Crippen LogP contribution in [0.4, 0.5) is 32.0 Å². The Bertz CT molecular complexity index is 2500. The number of H-pyrrole nitrogens is 1. The lowest BCUT2D eigenvalue weighted by Crippen LogP contribution is -2.52. The maximum absolute atomic E-state index is 14.9. The highest BCUT2D eigenvalue weighted by molar-refractivity contribution is 8.59. The third kappa shape index (κ3) is 18.8. The van der Waals surface area contributed by atoms with Gasteiger partial charge in [-0.25, -0.2) is 18.3 Å². The molecule has 0 atom stereocenters. The number of piperazine rings is 1. The van der Waals surface area contributed by atoms with Crippen molar-refractivity contribution in [1.82, 2.24) is 30.6 Å². The number of hydrogen-bond donors (Lipinski definition) is 5. The number of carbonyl (C=O) groups excluding carboxylic acids is 2. The van der Waals surface area contributed by atoms with E-state index < -0.39 is 34.2 Å². The van der Waals surface area contributed by atoms with Crippen LogP contribution in [-0.2, 0) is 30.5 Å². The van der Waals surface area contributed by atoms with Crippen LogP contribution in [0.5, 0.6) is 5.75 Å². The molecule has 5 aromatic rings. The molecule has 2 heterocycles. The van der Waals surface area contributed by atoms with Gasteiger partial charge in [-0.1, -0.05) is 70.5 Å². The zero-order valence-electron chi connectivity index (χ0n) is 39.8. The van der Waals surface area contributed by atoms with Crippen molar-refractivity contribution < 1.29 is 45.6 Å². The molecule has 0 spiro atoms. The molecule has 382 valence electrons. The van der Waals surface area contributed by atoms with Gasteiger partial charge in [0, 0.05) is 62.2 Å². The summed E-state index contributed by atoms with van der Waals surface area (Å²) >= 11 is 6.44. The fraction of sp³-hybridized carbons (Fsp3) is 0.388. The lowest BCUT2D eigenvalue weighted by molar-refractivity contribution is -0.384. The number of hydrogen-bond acceptors (Lipinski definition) is 11. The van der Waals surface area contributed by atoms with Crippen LogP contribution in [0.15, 0.2) is 96.1 Å². The summed E-state index contributed by atoms with van der Waals surface area (Å²) in [4.78, 5) is 52.4. The number of nitro groups is 1. The van der Waals surface area contributed by atoms with Gasteiger partial charge in [0.05, 0.1) is 40.0 Å². The summed E-state index contributed by atoms with van der Waals surface area (Å²) in [5.74, 6) is -2.41. The van der Waals surface area contributed by atoms with E-state index >= 15 is 0 Å². The number of halogens is 6. The smallest absolute Gasteiger partial charge is 0.419 e. The summed E-state index contributed by atoms with van der Waals surface area (Å²) in [5.41, 5.74) is -0.226. The minimum absolute atomic E-state index is 0.0761. The van der Waals surface area contributed by atoms with Crippen molar-refractivity contribution in [1.29, 1.82) is 0 Å². The fourth-order valence-corrected chi connectivity index (χ4v) is 6.88. The zero-order chi connectivity index (χ0) is 52.2. The quantitative estimate of drug-likeness (QED) is 0.0152. The Morgan fingerprint density at radius 3 is 2.07 bits per heavy atom. The van der Waals surface area contributed by atoms with Gasteiger partial charge in [0.2, 0.25) is 5.91 Å². The van der Waals surface area contributed by atoms with Crippen LogP contribution in [0, 0.1) is 21.7 Å². The minimum atomic E-state index is -4.87. The van der Waals surface area contributed by atoms with Crippen molar-refractivity contribution >= 4 is 51.6 Å². The number of aromatic amines is 1. The monoisotopic (exact) mass is 1020 g/mol. The highest BCUT2D eigenvalue weighted by Gasteiger charge is 2.34. The molecule has 70 heavy (non-hydrogen) atoms. The molecule has 1 aromatic heterocycles. The van der Waals surface area contributed by atoms with Gasteiger partial charge in [-0.05, 0) is 80.4 Å². The van der Waals surface area contributed by atoms with Crippen molar-refractivity contribution in [3.63, 3.8) is 0 Å². The van der Waals surface area contributed by atoms with Gasteiger partial charge >= 0.3 is 6.18 Å². The van der Waals surface area contributed by atoms with Gasteiger partial charge in [-0.15, -0.1) is 23.3 Å². The summed E-state index contributed by atoms with van der Waals surface area (Å²) in [7, 11) is 0. The molecule has 0 aliphatic carbocycles. The molecule has 2 amide bonds. The molecule has 6 rings (SSSR count). The molecular weight excluding hydrogens is 961 g/mol. The first kappa shape index (κ1) is 60.2. The molecule has 21 heteroatoms. The molecule has 1 aliphatic heterocycles. The number of carbonyl (C=O) groups is 2. The predicted octanol–water partition coefficient (Wildman–Crippen LogP) is 10.4. The molecule has 0 unspecified atom stereocenters. The number of nitrogens with one attached hydrogen (secondary N) is 3. The molecule has 1 fully saturated rings. The molecule has 0 saturated carbocycles. The topological polar surface area (TPSA) is 163 Å². The Balaban J connectivity index is 0.00000156. The van der Waals surface area contributed by atoms with E-state index in [1.807, 2.05) is 27.7 Å². The Hall–Kier alpha value is -5.90. The molecule has 13 nitrogen and oxygen atoms in total. The Labute approximate surface area is 414 Å². The fourth-order valence-electron chi connectivity index (χ4n) is 6.88. The number of non-ortho nitro benzene ring substituents is 1. The van der Waals surface area contributed by atoms with Crippen LogP contribution in [0.2, 0.25) is 0 Å². The van der Waals surface area contributed by atoms with Crippen LogP contribution in [0.1, 0.15) is 92.2 Å². The van der Waals surface area contributed by atoms with E-state index in [2.05, 4.69) is 44.2 Å². The second-order valence-corrected chi connectivity index (χ2v) is 14.7. The van der Waals surface area contributed by atoms with Gasteiger partial charge in [-0.2, -0.15) is 18.3 Å². The number of nitrogens with zero attached hydrogens (tertiary/aromatic N) is 4. The molecule has 1 aliphatic rings. The first-order valence-corrected chi connectivity index (χ1v) is 24.2. The Morgan fingerprint density at radius 1 is 0.843 bits per heavy atom. The predicted molar refractivity (Wildman–Crippen MR) is 268 cm³/mol. The van der Waals surface area contributed by atoms with Crippen molar-refractivity contribution in [2.75, 3.05) is 45.8 Å². The maximum Gasteiger partial charge on any atom is 0.419 e. The maximum atomic E-state index is 14.9. The highest BCUT2D eigenvalue weighted by atomic mass is 33.1. The van der Waals surface area contributed by atoms with E-state index in [1.165, 1.54) is 47.4 Å². The van der Waals surface area contributed by atoms with E-state index in [1.54, 1.807) is 42.2 Å². The minimum Gasteiger partial charge on any atom is -0.489 e. The van der Waals surface area contributed by atoms with Crippen LogP contribution in [-0.4, -0.2) is 82.5 Å². The van der Waals surface area contributed by atoms with E-state index in [0.29, 0.717) is 72.2 Å². The second-order valence-electron chi connectivity index (χ2n) is 14.7. The van der Waals surface area contributed by atoms with Crippen molar-refractivity contribution in [2.45, 2.75) is 79.6 Å². The SMILES string of the molecule is C/C=C/F.CC.CC.O=C(CNCCCCCNCc1cc([N+](=O)[O-])ccc1OCc1ccc(F)c(C(F)(F)F)c1)N1CCN(C(=O)c2cc(Cc3n[nH]c(=O)c4ccccc34)ccc2F)CC1.SS. The van der Waals surface area contributed by atoms with Crippen molar-refractivity contribution in [3.8, 4) is 5.75 Å². The van der Waals surface area contributed by atoms with Gasteiger partial charge in [0.1, 0.15) is 24.0 Å². The van der Waals surface area contributed by atoms with Crippen molar-refractivity contribution in [3.05, 3.63) is 157 Å². The number of alkyl halides is 3. The molecule has 1 saturated heterocycles. The number of benzene rings is 4. The third-order valence-electron chi connectivity index (χ3n) is 10.2. The average molecular weight is 1020 g/mol. The molecule has 0 radical (unpaired) electrons. The van der Waals surface area contributed by atoms with Crippen LogP contribution in [0.3, 0.4) is 0 Å². The van der Waals surface area contributed by atoms with Crippen LogP contribution < -0.4 is 20.9 Å². The first-order valence-electron chi connectivity index (χ1n) is 22.6. The largest absolute Gasteiger partial charge is 0.489 e. The number of amides is 2. The number of allylic oxidation sites excluding steroid dienone is 1. The summed E-state index contributed by atoms with van der Waals surface area (Å²) in [6.45, 7) is 11.8. The number of unbranched alkanes of at least 4 members (excludes halogenated alkanes) is 2. The molecule has 0 bridgehead atoms. The molecule has 4 aromatic carbocycles. The molecule has 3 N–H and O–H groups in total. The van der Waals surface area contributed by atoms with Gasteiger partial charge < -0.3 is 25.2 Å².